The first-order chi connectivity index (χ1) is 6.97. The molecule has 0 aliphatic heterocycles. The number of hydrogen-bond acceptors (Lipinski definition) is 2. The molecule has 0 saturated heterocycles. The van der Waals surface area contributed by atoms with Gasteiger partial charge in [0.1, 0.15) is 0 Å². The number of carboxylic acids is 1. The van der Waals surface area contributed by atoms with Crippen LogP contribution >= 0.6 is 0 Å². The van der Waals surface area contributed by atoms with Crippen LogP contribution in [0.1, 0.15) is 40.5 Å². The molecule has 2 N–H and O–H groups in total. The molecule has 1 unspecified atom stereocenters. The Morgan fingerprint density at radius 1 is 1.40 bits per heavy atom. The van der Waals surface area contributed by atoms with E-state index in [9.17, 15) is 4.79 Å². The molecule has 3 heteroatoms. The molecule has 0 amide bonds. The highest BCUT2D eigenvalue weighted by molar-refractivity contribution is 5.86. The number of carboxylic acid groups (broad SMARTS) is 1. The van der Waals surface area contributed by atoms with Crippen LogP contribution in [0.15, 0.2) is 11.6 Å². The van der Waals surface area contributed by atoms with Crippen molar-refractivity contribution >= 4 is 5.97 Å². The predicted molar refractivity (Wildman–Crippen MR) is 62.9 cm³/mol. The summed E-state index contributed by atoms with van der Waals surface area (Å²) in [4.78, 5) is 10.7. The third kappa shape index (κ3) is 7.14. The quantitative estimate of drug-likeness (QED) is 0.639. The average Bonchev–Trinajstić information content (AvgIpc) is 2.10. The topological polar surface area (TPSA) is 49.3 Å². The Morgan fingerprint density at radius 2 is 2.00 bits per heavy atom. The van der Waals surface area contributed by atoms with Gasteiger partial charge >= 0.3 is 5.97 Å². The minimum Gasteiger partial charge on any atom is -0.478 e. The van der Waals surface area contributed by atoms with E-state index in [1.54, 1.807) is 6.08 Å². The highest BCUT2D eigenvalue weighted by Gasteiger charge is 2.05. The zero-order valence-corrected chi connectivity index (χ0v) is 10.2. The summed E-state index contributed by atoms with van der Waals surface area (Å²) in [5.74, 6) is -0.141. The van der Waals surface area contributed by atoms with Crippen molar-refractivity contribution in [1.82, 2.24) is 5.32 Å². The molecule has 3 nitrogen and oxygen atoms in total. The normalized spacial score (nSPS) is 14.3. The van der Waals surface area contributed by atoms with Crippen molar-refractivity contribution < 1.29 is 9.90 Å². The van der Waals surface area contributed by atoms with Gasteiger partial charge in [-0.2, -0.15) is 0 Å². The van der Waals surface area contributed by atoms with Gasteiger partial charge in [-0.15, -0.1) is 0 Å². The lowest BCUT2D eigenvalue weighted by Crippen LogP contribution is -2.27. The van der Waals surface area contributed by atoms with Crippen molar-refractivity contribution in [2.24, 2.45) is 5.92 Å². The molecule has 0 bridgehead atoms. The first-order valence-corrected chi connectivity index (χ1v) is 5.63. The van der Waals surface area contributed by atoms with Gasteiger partial charge in [0.15, 0.2) is 0 Å². The third-order valence-electron chi connectivity index (χ3n) is 2.30. The van der Waals surface area contributed by atoms with Crippen molar-refractivity contribution in [3.8, 4) is 0 Å². The maximum atomic E-state index is 10.7. The van der Waals surface area contributed by atoms with Gasteiger partial charge in [-0.3, -0.25) is 0 Å². The molecule has 15 heavy (non-hydrogen) atoms. The van der Waals surface area contributed by atoms with Gasteiger partial charge in [0, 0.05) is 18.2 Å². The molecule has 88 valence electrons. The molecule has 0 aliphatic rings. The Kier molecular flexibility index (Phi) is 7.05. The summed E-state index contributed by atoms with van der Waals surface area (Å²) < 4.78 is 0. The van der Waals surface area contributed by atoms with Gasteiger partial charge in [0.2, 0.25) is 0 Å². The van der Waals surface area contributed by atoms with Crippen molar-refractivity contribution in [1.29, 1.82) is 0 Å². The second kappa shape index (κ2) is 7.46. The molecule has 0 aromatic carbocycles. The summed E-state index contributed by atoms with van der Waals surface area (Å²) in [6.07, 6.45) is 3.46. The van der Waals surface area contributed by atoms with Crippen LogP contribution in [0.5, 0.6) is 0 Å². The van der Waals surface area contributed by atoms with Crippen LogP contribution in [-0.2, 0) is 4.79 Å². The van der Waals surface area contributed by atoms with Gasteiger partial charge in [-0.1, -0.05) is 26.8 Å². The molecule has 0 aromatic heterocycles. The van der Waals surface area contributed by atoms with Crippen LogP contribution in [0.2, 0.25) is 0 Å². The summed E-state index contributed by atoms with van der Waals surface area (Å²) in [5.41, 5.74) is 0.485. The van der Waals surface area contributed by atoms with E-state index in [-0.39, 0.29) is 0 Å². The van der Waals surface area contributed by atoms with Crippen LogP contribution in [0.3, 0.4) is 0 Å². The van der Waals surface area contributed by atoms with Gasteiger partial charge in [-0.25, -0.2) is 4.79 Å². The van der Waals surface area contributed by atoms with E-state index < -0.39 is 5.97 Å². The van der Waals surface area contributed by atoms with E-state index in [0.29, 0.717) is 30.5 Å². The van der Waals surface area contributed by atoms with Crippen LogP contribution in [-0.4, -0.2) is 23.7 Å². The lowest BCUT2D eigenvalue weighted by atomic mass is 10.1. The third-order valence-corrected chi connectivity index (χ3v) is 2.30. The highest BCUT2D eigenvalue weighted by atomic mass is 16.4. The zero-order chi connectivity index (χ0) is 11.8. The Morgan fingerprint density at radius 3 is 2.40 bits per heavy atom. The van der Waals surface area contributed by atoms with Crippen LogP contribution in [0, 0.1) is 5.92 Å². The predicted octanol–water partition coefficient (Wildman–Crippen LogP) is 2.43. The van der Waals surface area contributed by atoms with E-state index >= 15 is 0 Å². The molecule has 0 aromatic rings. The largest absolute Gasteiger partial charge is 0.478 e. The van der Waals surface area contributed by atoms with E-state index in [1.807, 2.05) is 6.92 Å². The van der Waals surface area contributed by atoms with Gasteiger partial charge in [-0.05, 0) is 25.7 Å². The summed E-state index contributed by atoms with van der Waals surface area (Å²) in [6, 6.07) is 0.438. The fourth-order valence-corrected chi connectivity index (χ4v) is 1.56. The van der Waals surface area contributed by atoms with Gasteiger partial charge < -0.3 is 10.4 Å². The minimum absolute atomic E-state index is 0.438. The van der Waals surface area contributed by atoms with Crippen LogP contribution in [0.4, 0.5) is 0 Å². The first kappa shape index (κ1) is 14.2. The highest BCUT2D eigenvalue weighted by Crippen LogP contribution is 2.04. The fraction of sp³-hybridized carbons (Fsp3) is 0.750. The number of aliphatic carboxylic acids is 1. The smallest absolute Gasteiger partial charge is 0.331 e. The standard InChI is InChI=1S/C12H23NO2/c1-5-11(12(14)15)6-7-13-10(4)8-9(2)3/h6,9-10,13H,5,7-8H2,1-4H3,(H,14,15). The maximum Gasteiger partial charge on any atom is 0.331 e. The molecular weight excluding hydrogens is 190 g/mol. The number of nitrogens with one attached hydrogen (secondary N) is 1. The summed E-state index contributed by atoms with van der Waals surface area (Å²) in [5, 5.41) is 12.1. The van der Waals surface area contributed by atoms with E-state index in [4.69, 9.17) is 5.11 Å². The Bertz CT molecular complexity index is 222. The monoisotopic (exact) mass is 213 g/mol. The second-order valence-corrected chi connectivity index (χ2v) is 4.33. The molecule has 0 fully saturated rings. The Labute approximate surface area is 92.6 Å². The summed E-state index contributed by atoms with van der Waals surface area (Å²) in [6.45, 7) is 8.99. The minimum atomic E-state index is -0.809. The van der Waals surface area contributed by atoms with E-state index in [2.05, 4.69) is 26.1 Å². The first-order valence-electron chi connectivity index (χ1n) is 5.63. The molecule has 0 saturated carbocycles. The van der Waals surface area contributed by atoms with Gasteiger partial charge in [0.05, 0.1) is 0 Å². The van der Waals surface area contributed by atoms with Crippen molar-refractivity contribution in [2.75, 3.05) is 6.54 Å². The van der Waals surface area contributed by atoms with Crippen LogP contribution in [0.25, 0.3) is 0 Å². The molecule has 0 radical (unpaired) electrons. The number of hydrogen-bond donors (Lipinski definition) is 2. The Balaban J connectivity index is 3.89. The molecule has 1 atom stereocenters. The molecule has 0 rings (SSSR count). The Hall–Kier alpha value is -0.830. The number of rotatable bonds is 7. The molecular formula is C12H23NO2. The summed E-state index contributed by atoms with van der Waals surface area (Å²) in [7, 11) is 0. The van der Waals surface area contributed by atoms with E-state index in [0.717, 1.165) is 6.42 Å². The van der Waals surface area contributed by atoms with Crippen molar-refractivity contribution in [2.45, 2.75) is 46.6 Å². The van der Waals surface area contributed by atoms with Gasteiger partial charge in [0.25, 0.3) is 0 Å². The van der Waals surface area contributed by atoms with Crippen molar-refractivity contribution in [3.05, 3.63) is 11.6 Å². The molecule has 0 aliphatic carbocycles. The van der Waals surface area contributed by atoms with Crippen LogP contribution < -0.4 is 5.32 Å². The fourth-order valence-electron chi connectivity index (χ4n) is 1.56. The average molecular weight is 213 g/mol. The number of carbonyl (C=O) groups is 1. The summed E-state index contributed by atoms with van der Waals surface area (Å²) >= 11 is 0. The SMILES string of the molecule is CCC(=CCNC(C)CC(C)C)C(=O)O. The second-order valence-electron chi connectivity index (χ2n) is 4.33. The lowest BCUT2D eigenvalue weighted by molar-refractivity contribution is -0.132. The van der Waals surface area contributed by atoms with E-state index in [1.165, 1.54) is 0 Å². The van der Waals surface area contributed by atoms with Crippen molar-refractivity contribution in [3.63, 3.8) is 0 Å². The maximum absolute atomic E-state index is 10.7. The molecule has 0 heterocycles. The molecule has 0 spiro atoms. The zero-order valence-electron chi connectivity index (χ0n) is 10.2. The lowest BCUT2D eigenvalue weighted by Gasteiger charge is -2.14.